The van der Waals surface area contributed by atoms with Crippen molar-refractivity contribution in [2.45, 2.75) is 45.2 Å². The molecule has 1 atom stereocenters. The van der Waals surface area contributed by atoms with E-state index in [-0.39, 0.29) is 0 Å². The number of nitrogens with one attached hydrogen (secondary N) is 2. The molecule has 2 N–H and O–H groups in total. The summed E-state index contributed by atoms with van der Waals surface area (Å²) in [6.45, 7) is 3.25. The van der Waals surface area contributed by atoms with Gasteiger partial charge in [-0.2, -0.15) is 0 Å². The molecular weight excluding hydrogens is 256 g/mol. The van der Waals surface area contributed by atoms with Crippen molar-refractivity contribution in [3.63, 3.8) is 0 Å². The second-order valence-electron chi connectivity index (χ2n) is 5.72. The largest absolute Gasteiger partial charge is 0.361 e. The normalized spacial score (nSPS) is 18.2. The molecule has 0 spiro atoms. The molecule has 0 radical (unpaired) electrons. The van der Waals surface area contributed by atoms with E-state index < -0.39 is 0 Å². The van der Waals surface area contributed by atoms with E-state index in [1.54, 1.807) is 0 Å². The van der Waals surface area contributed by atoms with Crippen LogP contribution < -0.4 is 5.32 Å². The predicted octanol–water partition coefficient (Wildman–Crippen LogP) is 4.49. The van der Waals surface area contributed by atoms with Crippen LogP contribution in [0.4, 0.5) is 0 Å². The van der Waals surface area contributed by atoms with E-state index in [9.17, 15) is 0 Å². The van der Waals surface area contributed by atoms with Crippen LogP contribution >= 0.6 is 11.6 Å². The molecule has 3 rings (SSSR count). The maximum atomic E-state index is 6.01. The highest BCUT2D eigenvalue weighted by atomic mass is 35.5. The van der Waals surface area contributed by atoms with Gasteiger partial charge in [0.15, 0.2) is 0 Å². The van der Waals surface area contributed by atoms with Crippen LogP contribution in [0.3, 0.4) is 0 Å². The molecule has 1 saturated carbocycles. The van der Waals surface area contributed by atoms with Crippen molar-refractivity contribution < 1.29 is 0 Å². The Hall–Kier alpha value is -0.990. The molecule has 1 aliphatic carbocycles. The van der Waals surface area contributed by atoms with Gasteiger partial charge in [-0.3, -0.25) is 0 Å². The van der Waals surface area contributed by atoms with Crippen LogP contribution in [-0.2, 0) is 6.54 Å². The number of aromatic nitrogens is 1. The molecule has 2 aromatic rings. The molecule has 1 aromatic carbocycles. The summed E-state index contributed by atoms with van der Waals surface area (Å²) in [6, 6.07) is 6.66. The highest BCUT2D eigenvalue weighted by molar-refractivity contribution is 6.31. The fourth-order valence-electron chi connectivity index (χ4n) is 3.20. The molecule has 0 saturated heterocycles. The SMILES string of the molecule is C[C@H](NCc1c[nH]c2cc(Cl)ccc12)C1CCCC1. The minimum atomic E-state index is 0.611. The Morgan fingerprint density at radius 2 is 2.16 bits per heavy atom. The van der Waals surface area contributed by atoms with Crippen molar-refractivity contribution in [1.82, 2.24) is 10.3 Å². The zero-order valence-electron chi connectivity index (χ0n) is 11.4. The molecular formula is C16H21ClN2. The third kappa shape index (κ3) is 2.80. The lowest BCUT2D eigenvalue weighted by Gasteiger charge is -2.20. The van der Waals surface area contributed by atoms with Gasteiger partial charge in [-0.15, -0.1) is 0 Å². The highest BCUT2D eigenvalue weighted by Gasteiger charge is 2.21. The van der Waals surface area contributed by atoms with Gasteiger partial charge in [-0.05, 0) is 43.4 Å². The number of H-pyrrole nitrogens is 1. The minimum absolute atomic E-state index is 0.611. The maximum Gasteiger partial charge on any atom is 0.0472 e. The number of hydrogen-bond acceptors (Lipinski definition) is 1. The zero-order valence-corrected chi connectivity index (χ0v) is 12.1. The average Bonchev–Trinajstić information content (AvgIpc) is 3.05. The Morgan fingerprint density at radius 1 is 1.37 bits per heavy atom. The standard InChI is InChI=1S/C16H21ClN2/c1-11(12-4-2-3-5-12)18-9-13-10-19-16-8-14(17)6-7-15(13)16/h6-8,10-12,18-19H,2-5,9H2,1H3/t11-/m0/s1. The fraction of sp³-hybridized carbons (Fsp3) is 0.500. The number of halogens is 1. The Bertz CT molecular complexity index is 555. The number of fused-ring (bicyclic) bond motifs is 1. The number of hydrogen-bond donors (Lipinski definition) is 2. The molecule has 3 heteroatoms. The monoisotopic (exact) mass is 276 g/mol. The Morgan fingerprint density at radius 3 is 2.95 bits per heavy atom. The summed E-state index contributed by atoms with van der Waals surface area (Å²) in [5.41, 5.74) is 2.45. The first kappa shape index (κ1) is 13.0. The van der Waals surface area contributed by atoms with Crippen LogP contribution in [0.2, 0.25) is 5.02 Å². The minimum Gasteiger partial charge on any atom is -0.361 e. The quantitative estimate of drug-likeness (QED) is 0.846. The van der Waals surface area contributed by atoms with Gasteiger partial charge in [0, 0.05) is 34.7 Å². The van der Waals surface area contributed by atoms with Gasteiger partial charge < -0.3 is 10.3 Å². The molecule has 1 heterocycles. The van der Waals surface area contributed by atoms with Gasteiger partial charge in [0.05, 0.1) is 0 Å². The van der Waals surface area contributed by atoms with Crippen molar-refractivity contribution in [2.75, 3.05) is 0 Å². The summed E-state index contributed by atoms with van der Waals surface area (Å²) in [6.07, 6.45) is 7.68. The third-order valence-corrected chi connectivity index (χ3v) is 4.69. The van der Waals surface area contributed by atoms with Crippen molar-refractivity contribution in [3.05, 3.63) is 35.0 Å². The van der Waals surface area contributed by atoms with Gasteiger partial charge >= 0.3 is 0 Å². The third-order valence-electron chi connectivity index (χ3n) is 4.45. The lowest BCUT2D eigenvalue weighted by atomic mass is 9.99. The zero-order chi connectivity index (χ0) is 13.2. The van der Waals surface area contributed by atoms with E-state index in [1.807, 2.05) is 12.1 Å². The van der Waals surface area contributed by atoms with E-state index in [0.29, 0.717) is 6.04 Å². The Labute approximate surface area is 119 Å². The Balaban J connectivity index is 1.68. The smallest absolute Gasteiger partial charge is 0.0472 e. The summed E-state index contributed by atoms with van der Waals surface area (Å²) in [7, 11) is 0. The molecule has 1 aliphatic rings. The maximum absolute atomic E-state index is 6.01. The van der Waals surface area contributed by atoms with E-state index in [0.717, 1.165) is 23.0 Å². The lowest BCUT2D eigenvalue weighted by Crippen LogP contribution is -2.31. The second-order valence-corrected chi connectivity index (χ2v) is 6.15. The fourth-order valence-corrected chi connectivity index (χ4v) is 3.37. The molecule has 19 heavy (non-hydrogen) atoms. The molecule has 1 fully saturated rings. The molecule has 1 aromatic heterocycles. The molecule has 102 valence electrons. The van der Waals surface area contributed by atoms with Gasteiger partial charge in [0.2, 0.25) is 0 Å². The molecule has 0 unspecified atom stereocenters. The van der Waals surface area contributed by atoms with Crippen LogP contribution in [-0.4, -0.2) is 11.0 Å². The second kappa shape index (κ2) is 5.56. The van der Waals surface area contributed by atoms with Gasteiger partial charge in [0.1, 0.15) is 0 Å². The van der Waals surface area contributed by atoms with Gasteiger partial charge in [-0.1, -0.05) is 30.5 Å². The van der Waals surface area contributed by atoms with Crippen molar-refractivity contribution >= 4 is 22.5 Å². The predicted molar refractivity (Wildman–Crippen MR) is 81.6 cm³/mol. The molecule has 0 amide bonds. The van der Waals surface area contributed by atoms with Crippen LogP contribution in [0, 0.1) is 5.92 Å². The first-order valence-corrected chi connectivity index (χ1v) is 7.61. The number of rotatable bonds is 4. The molecule has 0 aliphatic heterocycles. The summed E-state index contributed by atoms with van der Waals surface area (Å²) >= 11 is 6.01. The van der Waals surface area contributed by atoms with Crippen LogP contribution in [0.1, 0.15) is 38.2 Å². The van der Waals surface area contributed by atoms with Crippen molar-refractivity contribution in [3.8, 4) is 0 Å². The topological polar surface area (TPSA) is 27.8 Å². The van der Waals surface area contributed by atoms with Crippen molar-refractivity contribution in [2.24, 2.45) is 5.92 Å². The average molecular weight is 277 g/mol. The van der Waals surface area contributed by atoms with Crippen LogP contribution in [0.25, 0.3) is 10.9 Å². The first-order chi connectivity index (χ1) is 9.24. The highest BCUT2D eigenvalue weighted by Crippen LogP contribution is 2.28. The van der Waals surface area contributed by atoms with E-state index >= 15 is 0 Å². The van der Waals surface area contributed by atoms with E-state index in [1.165, 1.54) is 36.6 Å². The number of benzene rings is 1. The first-order valence-electron chi connectivity index (χ1n) is 7.23. The van der Waals surface area contributed by atoms with E-state index in [2.05, 4.69) is 29.5 Å². The summed E-state index contributed by atoms with van der Waals surface area (Å²) in [5.74, 6) is 0.861. The lowest BCUT2D eigenvalue weighted by molar-refractivity contribution is 0.381. The van der Waals surface area contributed by atoms with Gasteiger partial charge in [-0.25, -0.2) is 0 Å². The molecule has 0 bridgehead atoms. The summed E-state index contributed by atoms with van der Waals surface area (Å²) < 4.78 is 0. The van der Waals surface area contributed by atoms with E-state index in [4.69, 9.17) is 11.6 Å². The van der Waals surface area contributed by atoms with Crippen LogP contribution in [0.5, 0.6) is 0 Å². The van der Waals surface area contributed by atoms with Crippen molar-refractivity contribution in [1.29, 1.82) is 0 Å². The summed E-state index contributed by atoms with van der Waals surface area (Å²) in [5, 5.41) is 5.74. The molecule has 2 nitrogen and oxygen atoms in total. The Kier molecular flexibility index (Phi) is 3.81. The van der Waals surface area contributed by atoms with Crippen LogP contribution in [0.15, 0.2) is 24.4 Å². The number of aromatic amines is 1. The summed E-state index contributed by atoms with van der Waals surface area (Å²) in [4.78, 5) is 3.30. The van der Waals surface area contributed by atoms with Gasteiger partial charge in [0.25, 0.3) is 0 Å².